The molecule has 0 fully saturated rings. The van der Waals surface area contributed by atoms with Crippen LogP contribution in [0.15, 0.2) is 41.8 Å². The van der Waals surface area contributed by atoms with Crippen molar-refractivity contribution in [2.75, 3.05) is 0 Å². The molecule has 1 heterocycles. The summed E-state index contributed by atoms with van der Waals surface area (Å²) in [7, 11) is -3.15. The Hall–Kier alpha value is -1.13. The Balaban J connectivity index is 2.12. The summed E-state index contributed by atoms with van der Waals surface area (Å²) in [6, 6.07) is 11.7. The lowest BCUT2D eigenvalue weighted by atomic mass is 10.1. The number of hydrogen-bond acceptors (Lipinski definition) is 3. The van der Waals surface area contributed by atoms with Crippen molar-refractivity contribution in [1.82, 2.24) is 0 Å². The van der Waals surface area contributed by atoms with Gasteiger partial charge in [0.25, 0.3) is 0 Å². The normalized spacial score (nSPS) is 13.3. The maximum absolute atomic E-state index is 12.4. The van der Waals surface area contributed by atoms with Gasteiger partial charge in [-0.3, -0.25) is 0 Å². The molecule has 1 atom stereocenters. The number of thiophene rings is 1. The first-order chi connectivity index (χ1) is 9.53. The smallest absolute Gasteiger partial charge is 0.161 e. The summed E-state index contributed by atoms with van der Waals surface area (Å²) in [5.74, 6) is 0.110. The van der Waals surface area contributed by atoms with Crippen molar-refractivity contribution in [1.29, 1.82) is 0 Å². The summed E-state index contributed by atoms with van der Waals surface area (Å²) < 4.78 is 24.8. The zero-order valence-corrected chi connectivity index (χ0v) is 13.5. The summed E-state index contributed by atoms with van der Waals surface area (Å²) in [6.45, 7) is 3.91. The highest BCUT2D eigenvalue weighted by Gasteiger charge is 2.23. The van der Waals surface area contributed by atoms with E-state index in [1.165, 1.54) is 16.9 Å². The molecule has 2 nitrogen and oxygen atoms in total. The molecule has 108 valence electrons. The minimum Gasteiger partial charge on any atom is -0.228 e. The van der Waals surface area contributed by atoms with Crippen molar-refractivity contribution in [3.63, 3.8) is 0 Å². The van der Waals surface area contributed by atoms with E-state index in [-0.39, 0.29) is 5.75 Å². The predicted octanol–water partition coefficient (Wildman–Crippen LogP) is 4.38. The van der Waals surface area contributed by atoms with Crippen LogP contribution in [0, 0.1) is 0 Å². The van der Waals surface area contributed by atoms with Gasteiger partial charge in [-0.1, -0.05) is 43.7 Å². The van der Waals surface area contributed by atoms with E-state index in [4.69, 9.17) is 0 Å². The molecule has 0 spiro atoms. The lowest BCUT2D eigenvalue weighted by Crippen LogP contribution is -2.11. The zero-order valence-electron chi connectivity index (χ0n) is 11.9. The van der Waals surface area contributed by atoms with Gasteiger partial charge >= 0.3 is 0 Å². The van der Waals surface area contributed by atoms with Crippen LogP contribution < -0.4 is 0 Å². The molecular weight excluding hydrogens is 288 g/mol. The van der Waals surface area contributed by atoms with Gasteiger partial charge in [-0.05, 0) is 35.9 Å². The van der Waals surface area contributed by atoms with Gasteiger partial charge in [0.2, 0.25) is 0 Å². The van der Waals surface area contributed by atoms with Gasteiger partial charge < -0.3 is 0 Å². The average Bonchev–Trinajstić information content (AvgIpc) is 2.94. The number of aryl methyl sites for hydroxylation is 1. The molecule has 0 N–H and O–H groups in total. The molecule has 0 saturated carbocycles. The zero-order chi connectivity index (χ0) is 14.6. The first-order valence-electron chi connectivity index (χ1n) is 6.85. The number of benzene rings is 1. The van der Waals surface area contributed by atoms with E-state index in [1.807, 2.05) is 41.8 Å². The second kappa shape index (κ2) is 6.55. The monoisotopic (exact) mass is 308 g/mol. The Kier molecular flexibility index (Phi) is 5.00. The standard InChI is InChI=1S/C16H20O2S2/c1-3-5-14-7-9-15(10-8-14)12-20(17,18)13(2)16-6-4-11-19-16/h4,6-11,13H,3,5,12H2,1-2H3. The Labute approximate surface area is 125 Å². The largest absolute Gasteiger partial charge is 0.228 e. The van der Waals surface area contributed by atoms with Crippen LogP contribution in [-0.2, 0) is 22.0 Å². The van der Waals surface area contributed by atoms with Crippen molar-refractivity contribution < 1.29 is 8.42 Å². The van der Waals surface area contributed by atoms with E-state index in [0.717, 1.165) is 23.3 Å². The van der Waals surface area contributed by atoms with Crippen molar-refractivity contribution >= 4 is 21.2 Å². The Morgan fingerprint density at radius 3 is 2.30 bits per heavy atom. The quantitative estimate of drug-likeness (QED) is 0.793. The van der Waals surface area contributed by atoms with E-state index in [0.29, 0.717) is 0 Å². The Bertz CT molecular complexity index is 626. The fraction of sp³-hybridized carbons (Fsp3) is 0.375. The third-order valence-corrected chi connectivity index (χ3v) is 6.68. The summed E-state index contributed by atoms with van der Waals surface area (Å²) in [5, 5.41) is 1.48. The first-order valence-corrected chi connectivity index (χ1v) is 9.45. The molecule has 0 aliphatic carbocycles. The Morgan fingerprint density at radius 1 is 1.10 bits per heavy atom. The predicted molar refractivity (Wildman–Crippen MR) is 85.8 cm³/mol. The SMILES string of the molecule is CCCc1ccc(CS(=O)(=O)C(C)c2cccs2)cc1. The molecule has 4 heteroatoms. The molecule has 20 heavy (non-hydrogen) atoms. The third-order valence-electron chi connectivity index (χ3n) is 3.41. The number of rotatable bonds is 6. The number of sulfone groups is 1. The van der Waals surface area contributed by atoms with E-state index < -0.39 is 15.1 Å². The summed E-state index contributed by atoms with van der Waals surface area (Å²) in [5.41, 5.74) is 2.13. The van der Waals surface area contributed by atoms with Crippen LogP contribution in [0.3, 0.4) is 0 Å². The second-order valence-corrected chi connectivity index (χ2v) is 8.33. The van der Waals surface area contributed by atoms with Crippen LogP contribution in [0.4, 0.5) is 0 Å². The molecule has 0 aliphatic heterocycles. The van der Waals surface area contributed by atoms with Gasteiger partial charge in [-0.15, -0.1) is 11.3 Å². The van der Waals surface area contributed by atoms with Gasteiger partial charge in [0, 0.05) is 4.88 Å². The van der Waals surface area contributed by atoms with Gasteiger partial charge in [-0.2, -0.15) is 0 Å². The minimum atomic E-state index is -3.15. The van der Waals surface area contributed by atoms with E-state index >= 15 is 0 Å². The van der Waals surface area contributed by atoms with E-state index in [2.05, 4.69) is 6.92 Å². The van der Waals surface area contributed by atoms with Crippen LogP contribution >= 0.6 is 11.3 Å². The molecule has 1 aromatic carbocycles. The van der Waals surface area contributed by atoms with Crippen molar-refractivity contribution in [3.8, 4) is 0 Å². The average molecular weight is 308 g/mol. The highest BCUT2D eigenvalue weighted by Crippen LogP contribution is 2.28. The van der Waals surface area contributed by atoms with Gasteiger partial charge in [0.1, 0.15) is 0 Å². The van der Waals surface area contributed by atoms with E-state index in [9.17, 15) is 8.42 Å². The fourth-order valence-corrected chi connectivity index (χ4v) is 4.76. The fourth-order valence-electron chi connectivity index (χ4n) is 2.15. The van der Waals surface area contributed by atoms with Crippen LogP contribution in [0.2, 0.25) is 0 Å². The molecular formula is C16H20O2S2. The second-order valence-electron chi connectivity index (χ2n) is 5.03. The Morgan fingerprint density at radius 2 is 1.75 bits per heavy atom. The van der Waals surface area contributed by atoms with Crippen LogP contribution in [0.5, 0.6) is 0 Å². The van der Waals surface area contributed by atoms with Crippen LogP contribution in [0.25, 0.3) is 0 Å². The number of hydrogen-bond donors (Lipinski definition) is 0. The molecule has 1 unspecified atom stereocenters. The van der Waals surface area contributed by atoms with Gasteiger partial charge in [-0.25, -0.2) is 8.42 Å². The molecule has 0 amide bonds. The highest BCUT2D eigenvalue weighted by molar-refractivity contribution is 7.91. The maximum Gasteiger partial charge on any atom is 0.161 e. The highest BCUT2D eigenvalue weighted by atomic mass is 32.2. The summed E-state index contributed by atoms with van der Waals surface area (Å²) in [6.07, 6.45) is 2.14. The summed E-state index contributed by atoms with van der Waals surface area (Å²) in [4.78, 5) is 0.910. The summed E-state index contributed by atoms with van der Waals surface area (Å²) >= 11 is 1.50. The van der Waals surface area contributed by atoms with Crippen LogP contribution in [0.1, 0.15) is 41.5 Å². The molecule has 0 saturated heterocycles. The van der Waals surface area contributed by atoms with E-state index in [1.54, 1.807) is 6.92 Å². The molecule has 0 bridgehead atoms. The van der Waals surface area contributed by atoms with Gasteiger partial charge in [0.15, 0.2) is 9.84 Å². The molecule has 0 aliphatic rings. The molecule has 2 aromatic rings. The maximum atomic E-state index is 12.4. The minimum absolute atomic E-state index is 0.110. The van der Waals surface area contributed by atoms with Crippen molar-refractivity contribution in [3.05, 3.63) is 57.8 Å². The molecule has 2 rings (SSSR count). The first kappa shape index (κ1) is 15.3. The van der Waals surface area contributed by atoms with Crippen molar-refractivity contribution in [2.24, 2.45) is 0 Å². The lowest BCUT2D eigenvalue weighted by molar-refractivity contribution is 0.586. The molecule has 1 aromatic heterocycles. The van der Waals surface area contributed by atoms with Crippen molar-refractivity contribution in [2.45, 2.75) is 37.7 Å². The lowest BCUT2D eigenvalue weighted by Gasteiger charge is -2.11. The topological polar surface area (TPSA) is 34.1 Å². The van der Waals surface area contributed by atoms with Gasteiger partial charge in [0.05, 0.1) is 11.0 Å². The third kappa shape index (κ3) is 3.70. The van der Waals surface area contributed by atoms with Crippen LogP contribution in [-0.4, -0.2) is 8.42 Å². The molecule has 0 radical (unpaired) electrons.